The number of aliphatic carboxylic acids is 1. The normalized spacial score (nSPS) is 12.8. The fourth-order valence-electron chi connectivity index (χ4n) is 1.59. The first-order chi connectivity index (χ1) is 7.54. The van der Waals surface area contributed by atoms with Crippen LogP contribution in [-0.2, 0) is 11.2 Å². The number of hydrogen-bond acceptors (Lipinski definition) is 2. The molecular formula is C13H19NO2. The van der Waals surface area contributed by atoms with Gasteiger partial charge in [-0.05, 0) is 30.5 Å². The maximum Gasteiger partial charge on any atom is 0.321 e. The van der Waals surface area contributed by atoms with Gasteiger partial charge in [0.25, 0.3) is 0 Å². The van der Waals surface area contributed by atoms with Crippen LogP contribution in [0.3, 0.4) is 0 Å². The minimum atomic E-state index is -0.810. The number of carbonyl (C=O) groups is 1. The molecule has 16 heavy (non-hydrogen) atoms. The van der Waals surface area contributed by atoms with Crippen LogP contribution in [0.25, 0.3) is 0 Å². The number of carboxylic acid groups (broad SMARTS) is 1. The van der Waals surface area contributed by atoms with Crippen molar-refractivity contribution in [2.45, 2.75) is 32.2 Å². The third-order valence-corrected chi connectivity index (χ3v) is 2.73. The van der Waals surface area contributed by atoms with E-state index in [0.717, 1.165) is 5.56 Å². The molecule has 0 radical (unpaired) electrons. The van der Waals surface area contributed by atoms with Crippen molar-refractivity contribution in [2.75, 3.05) is 7.05 Å². The number of hydrogen-bond donors (Lipinski definition) is 2. The maximum atomic E-state index is 10.8. The van der Waals surface area contributed by atoms with E-state index in [1.54, 1.807) is 7.05 Å². The monoisotopic (exact) mass is 221 g/mol. The first kappa shape index (κ1) is 12.7. The Kier molecular flexibility index (Phi) is 4.50. The lowest BCUT2D eigenvalue weighted by atomic mass is 9.99. The Morgan fingerprint density at radius 3 is 2.25 bits per heavy atom. The second-order valence-electron chi connectivity index (χ2n) is 4.28. The van der Waals surface area contributed by atoms with Gasteiger partial charge in [0.1, 0.15) is 6.04 Å². The van der Waals surface area contributed by atoms with Gasteiger partial charge in [-0.2, -0.15) is 0 Å². The smallest absolute Gasteiger partial charge is 0.321 e. The summed E-state index contributed by atoms with van der Waals surface area (Å²) in [6.45, 7) is 4.28. The average Bonchev–Trinajstić information content (AvgIpc) is 2.26. The molecule has 1 aromatic carbocycles. The Labute approximate surface area is 96.5 Å². The minimum absolute atomic E-state index is 0.508. The molecule has 0 saturated heterocycles. The number of carboxylic acids is 1. The summed E-state index contributed by atoms with van der Waals surface area (Å²) in [7, 11) is 1.67. The van der Waals surface area contributed by atoms with Gasteiger partial charge in [-0.3, -0.25) is 4.79 Å². The Bertz CT molecular complexity index is 343. The van der Waals surface area contributed by atoms with Crippen LogP contribution in [0.15, 0.2) is 24.3 Å². The van der Waals surface area contributed by atoms with Gasteiger partial charge in [-0.25, -0.2) is 0 Å². The van der Waals surface area contributed by atoms with Crippen LogP contribution in [0.4, 0.5) is 0 Å². The van der Waals surface area contributed by atoms with E-state index in [-0.39, 0.29) is 0 Å². The molecule has 3 heteroatoms. The minimum Gasteiger partial charge on any atom is -0.480 e. The predicted molar refractivity (Wildman–Crippen MR) is 64.7 cm³/mol. The number of nitrogens with one attached hydrogen (secondary N) is 1. The molecule has 0 aliphatic rings. The molecule has 0 amide bonds. The molecule has 1 aromatic rings. The molecule has 0 fully saturated rings. The molecule has 0 saturated carbocycles. The quantitative estimate of drug-likeness (QED) is 0.799. The lowest BCUT2D eigenvalue weighted by Gasteiger charge is -2.12. The van der Waals surface area contributed by atoms with Crippen molar-refractivity contribution in [2.24, 2.45) is 0 Å². The summed E-state index contributed by atoms with van der Waals surface area (Å²) in [5.74, 6) is -0.302. The van der Waals surface area contributed by atoms with Crippen molar-refractivity contribution in [1.82, 2.24) is 5.32 Å². The number of likely N-dealkylation sites (N-methyl/N-ethyl adjacent to an activating group) is 1. The largest absolute Gasteiger partial charge is 0.480 e. The average molecular weight is 221 g/mol. The van der Waals surface area contributed by atoms with Gasteiger partial charge in [0.05, 0.1) is 0 Å². The lowest BCUT2D eigenvalue weighted by Crippen LogP contribution is -2.35. The SMILES string of the molecule is CNC(Cc1ccc(C(C)C)cc1)C(=O)O. The first-order valence-electron chi connectivity index (χ1n) is 5.53. The molecule has 88 valence electrons. The van der Waals surface area contributed by atoms with Gasteiger partial charge in [-0.1, -0.05) is 38.1 Å². The van der Waals surface area contributed by atoms with Gasteiger partial charge in [0.2, 0.25) is 0 Å². The zero-order valence-electron chi connectivity index (χ0n) is 10.0. The summed E-state index contributed by atoms with van der Waals surface area (Å²) in [4.78, 5) is 10.8. The van der Waals surface area contributed by atoms with Gasteiger partial charge in [0.15, 0.2) is 0 Å². The van der Waals surface area contributed by atoms with Crippen molar-refractivity contribution < 1.29 is 9.90 Å². The molecule has 1 atom stereocenters. The summed E-state index contributed by atoms with van der Waals surface area (Å²) >= 11 is 0. The molecule has 1 unspecified atom stereocenters. The Balaban J connectivity index is 2.71. The third kappa shape index (κ3) is 3.35. The van der Waals surface area contributed by atoms with E-state index >= 15 is 0 Å². The van der Waals surface area contributed by atoms with Crippen LogP contribution in [0.5, 0.6) is 0 Å². The summed E-state index contributed by atoms with van der Waals surface area (Å²) in [5, 5.41) is 11.7. The van der Waals surface area contributed by atoms with E-state index in [4.69, 9.17) is 5.11 Å². The highest BCUT2D eigenvalue weighted by molar-refractivity contribution is 5.73. The fourth-order valence-corrected chi connectivity index (χ4v) is 1.59. The molecule has 0 spiro atoms. The zero-order chi connectivity index (χ0) is 12.1. The van der Waals surface area contributed by atoms with Crippen molar-refractivity contribution in [1.29, 1.82) is 0 Å². The summed E-state index contributed by atoms with van der Waals surface area (Å²) in [6, 6.07) is 7.62. The second kappa shape index (κ2) is 5.66. The number of benzene rings is 1. The summed E-state index contributed by atoms with van der Waals surface area (Å²) < 4.78 is 0. The summed E-state index contributed by atoms with van der Waals surface area (Å²) in [5.41, 5.74) is 2.33. The van der Waals surface area contributed by atoms with Gasteiger partial charge >= 0.3 is 5.97 Å². The zero-order valence-corrected chi connectivity index (χ0v) is 10.0. The maximum absolute atomic E-state index is 10.8. The molecule has 0 aromatic heterocycles. The van der Waals surface area contributed by atoms with E-state index in [1.165, 1.54) is 5.56 Å². The first-order valence-corrected chi connectivity index (χ1v) is 5.53. The molecule has 0 heterocycles. The van der Waals surface area contributed by atoms with E-state index in [9.17, 15) is 4.79 Å². The van der Waals surface area contributed by atoms with Gasteiger partial charge in [-0.15, -0.1) is 0 Å². The number of rotatable bonds is 5. The van der Waals surface area contributed by atoms with Crippen LogP contribution < -0.4 is 5.32 Å². The second-order valence-corrected chi connectivity index (χ2v) is 4.28. The summed E-state index contributed by atoms with van der Waals surface area (Å²) in [6.07, 6.45) is 0.518. The van der Waals surface area contributed by atoms with Crippen molar-refractivity contribution in [3.05, 3.63) is 35.4 Å². The standard InChI is InChI=1S/C13H19NO2/c1-9(2)11-6-4-10(5-7-11)8-12(14-3)13(15)16/h4-7,9,12,14H,8H2,1-3H3,(H,15,16). The fraction of sp³-hybridized carbons (Fsp3) is 0.462. The molecule has 0 aliphatic carbocycles. The van der Waals surface area contributed by atoms with E-state index in [2.05, 4.69) is 31.3 Å². The predicted octanol–water partition coefficient (Wildman–Crippen LogP) is 2.03. The van der Waals surface area contributed by atoms with Crippen molar-refractivity contribution in [3.63, 3.8) is 0 Å². The molecule has 0 bridgehead atoms. The highest BCUT2D eigenvalue weighted by atomic mass is 16.4. The molecule has 2 N–H and O–H groups in total. The molecule has 3 nitrogen and oxygen atoms in total. The Morgan fingerprint density at radius 2 is 1.88 bits per heavy atom. The van der Waals surface area contributed by atoms with Crippen molar-refractivity contribution >= 4 is 5.97 Å². The van der Waals surface area contributed by atoms with Gasteiger partial charge in [0, 0.05) is 0 Å². The lowest BCUT2D eigenvalue weighted by molar-refractivity contribution is -0.139. The third-order valence-electron chi connectivity index (χ3n) is 2.73. The van der Waals surface area contributed by atoms with Crippen LogP contribution >= 0.6 is 0 Å². The van der Waals surface area contributed by atoms with Crippen LogP contribution in [0.1, 0.15) is 30.9 Å². The Hall–Kier alpha value is -1.35. The van der Waals surface area contributed by atoms with E-state index in [1.807, 2.05) is 12.1 Å². The highest BCUT2D eigenvalue weighted by Gasteiger charge is 2.14. The molecule has 1 rings (SSSR count). The van der Waals surface area contributed by atoms with Crippen LogP contribution in [-0.4, -0.2) is 24.2 Å². The van der Waals surface area contributed by atoms with Crippen LogP contribution in [0, 0.1) is 0 Å². The molecule has 0 aliphatic heterocycles. The van der Waals surface area contributed by atoms with Gasteiger partial charge < -0.3 is 10.4 Å². The topological polar surface area (TPSA) is 49.3 Å². The molecular weight excluding hydrogens is 202 g/mol. The highest BCUT2D eigenvalue weighted by Crippen LogP contribution is 2.15. The van der Waals surface area contributed by atoms with Crippen molar-refractivity contribution in [3.8, 4) is 0 Å². The Morgan fingerprint density at radius 1 is 1.31 bits per heavy atom. The van der Waals surface area contributed by atoms with E-state index in [0.29, 0.717) is 12.3 Å². The van der Waals surface area contributed by atoms with E-state index < -0.39 is 12.0 Å². The van der Waals surface area contributed by atoms with Crippen LogP contribution in [0.2, 0.25) is 0 Å².